The number of anilines is 1. The number of aromatic carboxylic acids is 1. The Kier molecular flexibility index (Phi) is 4.79. The molecule has 1 aromatic rings. The molecule has 1 aromatic carbocycles. The smallest absolute Gasteiger partial charge is 0.336 e. The van der Waals surface area contributed by atoms with Gasteiger partial charge in [0.05, 0.1) is 23.2 Å². The van der Waals surface area contributed by atoms with E-state index in [0.717, 1.165) is 6.07 Å². The number of hydrogen-bond donors (Lipinski definition) is 4. The van der Waals surface area contributed by atoms with Crippen LogP contribution in [-0.4, -0.2) is 45.5 Å². The molecule has 0 aliphatic carbocycles. The standard InChI is InChI=1S/C11H14N2O6/c1-6-9(12-4-8(15)5-14)2-7(11(16)17)3-10(6)13(18)19/h2-3,8,12,14-15H,4-5H2,1H3,(H,16,17). The molecule has 1 rings (SSSR count). The van der Waals surface area contributed by atoms with Gasteiger partial charge in [-0.15, -0.1) is 0 Å². The van der Waals surface area contributed by atoms with E-state index in [-0.39, 0.29) is 29.0 Å². The van der Waals surface area contributed by atoms with Crippen LogP contribution in [0.5, 0.6) is 0 Å². The van der Waals surface area contributed by atoms with Crippen LogP contribution in [0.3, 0.4) is 0 Å². The van der Waals surface area contributed by atoms with Crippen LogP contribution in [0.25, 0.3) is 0 Å². The third-order valence-corrected chi connectivity index (χ3v) is 2.56. The maximum Gasteiger partial charge on any atom is 0.336 e. The second kappa shape index (κ2) is 6.12. The van der Waals surface area contributed by atoms with Crippen molar-refractivity contribution in [1.29, 1.82) is 0 Å². The van der Waals surface area contributed by atoms with Crippen LogP contribution in [-0.2, 0) is 0 Å². The number of carbonyl (C=O) groups is 1. The first-order valence-corrected chi connectivity index (χ1v) is 5.42. The molecule has 8 heteroatoms. The number of rotatable bonds is 6. The van der Waals surface area contributed by atoms with Crippen molar-refractivity contribution in [2.45, 2.75) is 13.0 Å². The van der Waals surface area contributed by atoms with Gasteiger partial charge < -0.3 is 20.6 Å². The third-order valence-electron chi connectivity index (χ3n) is 2.56. The molecule has 1 atom stereocenters. The van der Waals surface area contributed by atoms with Gasteiger partial charge >= 0.3 is 5.97 Å². The molecule has 4 N–H and O–H groups in total. The van der Waals surface area contributed by atoms with Gasteiger partial charge in [0, 0.05) is 23.9 Å². The Hall–Kier alpha value is -2.19. The summed E-state index contributed by atoms with van der Waals surface area (Å²) in [7, 11) is 0. The molecule has 0 radical (unpaired) electrons. The number of nitro benzene ring substituents is 1. The lowest BCUT2D eigenvalue weighted by Crippen LogP contribution is -2.23. The summed E-state index contributed by atoms with van der Waals surface area (Å²) in [6, 6.07) is 2.22. The number of hydrogen-bond acceptors (Lipinski definition) is 6. The fraction of sp³-hybridized carbons (Fsp3) is 0.364. The van der Waals surface area contributed by atoms with Crippen LogP contribution in [0.1, 0.15) is 15.9 Å². The second-order valence-electron chi connectivity index (χ2n) is 3.95. The first-order valence-electron chi connectivity index (χ1n) is 5.42. The SMILES string of the molecule is Cc1c(NCC(O)CO)cc(C(=O)O)cc1[N+](=O)[O-]. The second-order valence-corrected chi connectivity index (χ2v) is 3.95. The van der Waals surface area contributed by atoms with Crippen molar-refractivity contribution in [1.82, 2.24) is 0 Å². The van der Waals surface area contributed by atoms with Gasteiger partial charge in [-0.1, -0.05) is 0 Å². The zero-order chi connectivity index (χ0) is 14.6. The largest absolute Gasteiger partial charge is 0.478 e. The molecule has 0 fully saturated rings. The lowest BCUT2D eigenvalue weighted by molar-refractivity contribution is -0.385. The van der Waals surface area contributed by atoms with Crippen molar-refractivity contribution in [2.24, 2.45) is 0 Å². The highest BCUT2D eigenvalue weighted by atomic mass is 16.6. The first kappa shape index (κ1) is 14.9. The minimum absolute atomic E-state index is 0.0441. The van der Waals surface area contributed by atoms with Crippen molar-refractivity contribution in [3.8, 4) is 0 Å². The van der Waals surface area contributed by atoms with E-state index in [4.69, 9.17) is 10.2 Å². The van der Waals surface area contributed by atoms with Crippen molar-refractivity contribution >= 4 is 17.3 Å². The van der Waals surface area contributed by atoms with E-state index in [1.807, 2.05) is 0 Å². The van der Waals surface area contributed by atoms with Gasteiger partial charge in [-0.3, -0.25) is 10.1 Å². The summed E-state index contributed by atoms with van der Waals surface area (Å²) in [6.07, 6.45) is -1.04. The number of carboxylic acids is 1. The van der Waals surface area contributed by atoms with E-state index in [2.05, 4.69) is 5.32 Å². The molecule has 0 saturated heterocycles. The molecule has 8 nitrogen and oxygen atoms in total. The van der Waals surface area contributed by atoms with Crippen molar-refractivity contribution in [3.05, 3.63) is 33.4 Å². The van der Waals surface area contributed by atoms with E-state index in [1.54, 1.807) is 0 Å². The lowest BCUT2D eigenvalue weighted by Gasteiger charge is -2.13. The van der Waals surface area contributed by atoms with Crippen molar-refractivity contribution in [3.63, 3.8) is 0 Å². The van der Waals surface area contributed by atoms with Crippen LogP contribution < -0.4 is 5.32 Å². The molecular formula is C11H14N2O6. The van der Waals surface area contributed by atoms with E-state index in [0.29, 0.717) is 0 Å². The highest BCUT2D eigenvalue weighted by molar-refractivity contribution is 5.90. The molecule has 19 heavy (non-hydrogen) atoms. The molecule has 0 aromatic heterocycles. The molecule has 0 spiro atoms. The van der Waals surface area contributed by atoms with Gasteiger partial charge in [0.2, 0.25) is 0 Å². The lowest BCUT2D eigenvalue weighted by atomic mass is 10.1. The number of aliphatic hydroxyl groups excluding tert-OH is 2. The molecule has 0 aliphatic rings. The average Bonchev–Trinajstić information content (AvgIpc) is 2.36. The topological polar surface area (TPSA) is 133 Å². The fourth-order valence-electron chi connectivity index (χ4n) is 1.49. The van der Waals surface area contributed by atoms with Crippen LogP contribution in [0.15, 0.2) is 12.1 Å². The summed E-state index contributed by atoms with van der Waals surface area (Å²) in [5.74, 6) is -1.28. The van der Waals surface area contributed by atoms with Gasteiger partial charge in [0.1, 0.15) is 0 Å². The fourth-order valence-corrected chi connectivity index (χ4v) is 1.49. The molecule has 1 unspecified atom stereocenters. The molecule has 0 heterocycles. The summed E-state index contributed by atoms with van der Waals surface area (Å²) < 4.78 is 0. The van der Waals surface area contributed by atoms with E-state index >= 15 is 0 Å². The Labute approximate surface area is 108 Å². The highest BCUT2D eigenvalue weighted by Gasteiger charge is 2.19. The predicted octanol–water partition coefficient (Wildman–Crippen LogP) is 0.367. The molecule has 0 amide bonds. The predicted molar refractivity (Wildman–Crippen MR) is 66.4 cm³/mol. The zero-order valence-corrected chi connectivity index (χ0v) is 10.2. The molecule has 0 aliphatic heterocycles. The van der Waals surface area contributed by atoms with Crippen molar-refractivity contribution in [2.75, 3.05) is 18.5 Å². The van der Waals surface area contributed by atoms with Gasteiger partial charge in [0.15, 0.2) is 0 Å². The van der Waals surface area contributed by atoms with E-state index in [9.17, 15) is 20.0 Å². The normalized spacial score (nSPS) is 11.9. The summed E-state index contributed by atoms with van der Waals surface area (Å²) in [5, 5.41) is 40.3. The summed E-state index contributed by atoms with van der Waals surface area (Å²) in [4.78, 5) is 21.1. The Morgan fingerprint density at radius 1 is 1.53 bits per heavy atom. The maximum atomic E-state index is 10.9. The van der Waals surface area contributed by atoms with Gasteiger partial charge in [0.25, 0.3) is 5.69 Å². The Bertz CT molecular complexity index is 502. The van der Waals surface area contributed by atoms with Gasteiger partial charge in [-0.2, -0.15) is 0 Å². The van der Waals surface area contributed by atoms with Crippen LogP contribution in [0.2, 0.25) is 0 Å². The van der Waals surface area contributed by atoms with Crippen LogP contribution >= 0.6 is 0 Å². The third kappa shape index (κ3) is 3.63. The number of nitrogens with one attached hydrogen (secondary N) is 1. The number of benzene rings is 1. The Balaban J connectivity index is 3.14. The minimum atomic E-state index is -1.28. The van der Waals surface area contributed by atoms with Gasteiger partial charge in [-0.05, 0) is 13.0 Å². The van der Waals surface area contributed by atoms with E-state index < -0.39 is 23.6 Å². The zero-order valence-electron chi connectivity index (χ0n) is 10.2. The number of nitrogens with zero attached hydrogens (tertiary/aromatic N) is 1. The average molecular weight is 270 g/mol. The minimum Gasteiger partial charge on any atom is -0.478 e. The quantitative estimate of drug-likeness (QED) is 0.433. The summed E-state index contributed by atoms with van der Waals surface area (Å²) >= 11 is 0. The van der Waals surface area contributed by atoms with E-state index in [1.165, 1.54) is 13.0 Å². The molecule has 0 saturated carbocycles. The summed E-state index contributed by atoms with van der Waals surface area (Å²) in [6.45, 7) is 0.960. The number of carboxylic acid groups (broad SMARTS) is 1. The van der Waals surface area contributed by atoms with Crippen molar-refractivity contribution < 1.29 is 25.0 Å². The van der Waals surface area contributed by atoms with Gasteiger partial charge in [-0.25, -0.2) is 4.79 Å². The monoisotopic (exact) mass is 270 g/mol. The number of nitro groups is 1. The molecule has 0 bridgehead atoms. The Morgan fingerprint density at radius 2 is 2.16 bits per heavy atom. The molecular weight excluding hydrogens is 256 g/mol. The number of aliphatic hydroxyl groups is 2. The van der Waals surface area contributed by atoms with Crippen LogP contribution in [0.4, 0.5) is 11.4 Å². The summed E-state index contributed by atoms with van der Waals surface area (Å²) in [5.41, 5.74) is -0.0431. The van der Waals surface area contributed by atoms with Crippen LogP contribution in [0, 0.1) is 17.0 Å². The Morgan fingerprint density at radius 3 is 2.63 bits per heavy atom. The maximum absolute atomic E-state index is 10.9. The highest BCUT2D eigenvalue weighted by Crippen LogP contribution is 2.27. The molecule has 104 valence electrons. The first-order chi connectivity index (χ1) is 8.86.